The highest BCUT2D eigenvalue weighted by Gasteiger charge is 2.18. The van der Waals surface area contributed by atoms with Crippen LogP contribution >= 0.6 is 11.3 Å². The third-order valence-corrected chi connectivity index (χ3v) is 4.14. The highest BCUT2D eigenvalue weighted by Crippen LogP contribution is 2.39. The van der Waals surface area contributed by atoms with Crippen LogP contribution in [0.4, 0.5) is 5.82 Å². The predicted octanol–water partition coefficient (Wildman–Crippen LogP) is 4.36. The van der Waals surface area contributed by atoms with Gasteiger partial charge in [0, 0.05) is 4.88 Å². The van der Waals surface area contributed by atoms with Gasteiger partial charge in [-0.3, -0.25) is 0 Å². The number of thiophene rings is 1. The van der Waals surface area contributed by atoms with Gasteiger partial charge >= 0.3 is 0 Å². The number of hydrogen-bond acceptors (Lipinski definition) is 5. The molecule has 3 rings (SSSR count). The number of nitrogen functional groups attached to an aromatic ring is 1. The average molecular weight is 300 g/mol. The fourth-order valence-corrected chi connectivity index (χ4v) is 3.04. The van der Waals surface area contributed by atoms with Crippen molar-refractivity contribution in [3.05, 3.63) is 41.3 Å². The minimum Gasteiger partial charge on any atom is -0.494 e. The van der Waals surface area contributed by atoms with Crippen LogP contribution in [0.3, 0.4) is 0 Å². The van der Waals surface area contributed by atoms with E-state index in [-0.39, 0.29) is 0 Å². The highest BCUT2D eigenvalue weighted by molar-refractivity contribution is 7.15. The molecule has 0 amide bonds. The third-order valence-electron chi connectivity index (χ3n) is 3.14. The summed E-state index contributed by atoms with van der Waals surface area (Å²) < 4.78 is 10.9. The number of hydrogen-bond donors (Lipinski definition) is 1. The lowest BCUT2D eigenvalue weighted by Gasteiger charge is -2.05. The second-order valence-electron chi connectivity index (χ2n) is 4.64. The lowest BCUT2D eigenvalue weighted by atomic mass is 10.0. The van der Waals surface area contributed by atoms with Crippen molar-refractivity contribution in [1.29, 1.82) is 0 Å². The van der Waals surface area contributed by atoms with E-state index in [9.17, 15) is 0 Å². The fraction of sp³-hybridized carbons (Fsp3) is 0.188. The molecule has 2 heterocycles. The summed E-state index contributed by atoms with van der Waals surface area (Å²) in [4.78, 5) is 2.25. The highest BCUT2D eigenvalue weighted by atomic mass is 32.1. The lowest BCUT2D eigenvalue weighted by molar-refractivity contribution is 0.340. The summed E-state index contributed by atoms with van der Waals surface area (Å²) in [5.74, 6) is 1.96. The lowest BCUT2D eigenvalue weighted by Crippen LogP contribution is -1.92. The molecule has 0 bridgehead atoms. The summed E-state index contributed by atoms with van der Waals surface area (Å²) in [6.45, 7) is 4.67. The molecule has 0 spiro atoms. The van der Waals surface area contributed by atoms with Gasteiger partial charge < -0.3 is 15.0 Å². The van der Waals surface area contributed by atoms with Crippen LogP contribution in [0.15, 0.2) is 40.9 Å². The number of anilines is 1. The fourth-order valence-electron chi connectivity index (χ4n) is 2.19. The van der Waals surface area contributed by atoms with Crippen molar-refractivity contribution in [3.8, 4) is 27.5 Å². The molecule has 0 radical (unpaired) electrons. The second kappa shape index (κ2) is 5.61. The van der Waals surface area contributed by atoms with Gasteiger partial charge in [-0.05, 0) is 43.7 Å². The Hall–Kier alpha value is -2.27. The quantitative estimate of drug-likeness (QED) is 0.777. The molecule has 0 unspecified atom stereocenters. The Morgan fingerprint density at radius 1 is 1.19 bits per heavy atom. The first-order valence-electron chi connectivity index (χ1n) is 6.74. The molecule has 2 N–H and O–H groups in total. The number of nitrogens with two attached hydrogens (primary N) is 1. The average Bonchev–Trinajstić information content (AvgIpc) is 3.06. The summed E-state index contributed by atoms with van der Waals surface area (Å²) in [5, 5.41) is 3.92. The Balaban J connectivity index is 2.04. The van der Waals surface area contributed by atoms with Crippen LogP contribution < -0.4 is 10.5 Å². The van der Waals surface area contributed by atoms with Crippen LogP contribution in [0, 0.1) is 6.92 Å². The summed E-state index contributed by atoms with van der Waals surface area (Å²) in [6.07, 6.45) is 0. The van der Waals surface area contributed by atoms with Crippen LogP contribution in [-0.2, 0) is 0 Å². The first-order chi connectivity index (χ1) is 10.2. The van der Waals surface area contributed by atoms with Crippen molar-refractivity contribution in [2.45, 2.75) is 13.8 Å². The van der Waals surface area contributed by atoms with Gasteiger partial charge in [0.15, 0.2) is 11.6 Å². The van der Waals surface area contributed by atoms with Gasteiger partial charge in [0.05, 0.1) is 17.0 Å². The minimum absolute atomic E-state index is 0.403. The second-order valence-corrected chi connectivity index (χ2v) is 5.93. The normalized spacial score (nSPS) is 10.8. The van der Waals surface area contributed by atoms with Crippen LogP contribution in [0.5, 0.6) is 5.75 Å². The molecular formula is C16H16N2O2S. The standard InChI is InChI=1S/C16H16N2O2S/c1-3-19-12-7-5-11(6-8-12)14-15(20-18-16(14)17)13-9-4-10(2)21-13/h4-9H,3H2,1-2H3,(H2,17,18). The number of nitrogens with zero attached hydrogens (tertiary/aromatic N) is 1. The predicted molar refractivity (Wildman–Crippen MR) is 85.6 cm³/mol. The molecular weight excluding hydrogens is 284 g/mol. The summed E-state index contributed by atoms with van der Waals surface area (Å²) in [7, 11) is 0. The van der Waals surface area contributed by atoms with E-state index in [4.69, 9.17) is 15.0 Å². The third kappa shape index (κ3) is 2.64. The zero-order chi connectivity index (χ0) is 14.8. The van der Waals surface area contributed by atoms with E-state index in [1.807, 2.05) is 37.3 Å². The number of benzene rings is 1. The number of rotatable bonds is 4. The zero-order valence-corrected chi connectivity index (χ0v) is 12.7. The van der Waals surface area contributed by atoms with E-state index < -0.39 is 0 Å². The molecule has 5 heteroatoms. The van der Waals surface area contributed by atoms with Gasteiger partial charge in [0.2, 0.25) is 0 Å². The Bertz CT molecular complexity index is 744. The van der Waals surface area contributed by atoms with E-state index in [2.05, 4.69) is 18.1 Å². The van der Waals surface area contributed by atoms with E-state index in [1.54, 1.807) is 11.3 Å². The maximum Gasteiger partial charge on any atom is 0.186 e. The summed E-state index contributed by atoms with van der Waals surface area (Å²) in [6, 6.07) is 11.9. The van der Waals surface area contributed by atoms with Crippen LogP contribution in [0.2, 0.25) is 0 Å². The molecule has 0 aliphatic rings. The van der Waals surface area contributed by atoms with Gasteiger partial charge in [-0.1, -0.05) is 17.3 Å². The van der Waals surface area contributed by atoms with E-state index >= 15 is 0 Å². The molecule has 21 heavy (non-hydrogen) atoms. The Morgan fingerprint density at radius 2 is 1.95 bits per heavy atom. The molecule has 0 aliphatic heterocycles. The van der Waals surface area contributed by atoms with Gasteiger partial charge in [0.25, 0.3) is 0 Å². The number of aryl methyl sites for hydroxylation is 1. The molecule has 108 valence electrons. The first kappa shape index (κ1) is 13.7. The monoisotopic (exact) mass is 300 g/mol. The zero-order valence-electron chi connectivity index (χ0n) is 11.9. The summed E-state index contributed by atoms with van der Waals surface area (Å²) in [5.41, 5.74) is 7.79. The van der Waals surface area contributed by atoms with Crippen LogP contribution in [-0.4, -0.2) is 11.8 Å². The van der Waals surface area contributed by atoms with Gasteiger partial charge in [-0.15, -0.1) is 11.3 Å². The SMILES string of the molecule is CCOc1ccc(-c2c(N)noc2-c2ccc(C)s2)cc1. The molecule has 0 atom stereocenters. The maximum atomic E-state index is 5.98. The van der Waals surface area contributed by atoms with Crippen molar-refractivity contribution in [2.24, 2.45) is 0 Å². The molecule has 0 saturated heterocycles. The molecule has 0 aliphatic carbocycles. The molecule has 2 aromatic heterocycles. The van der Waals surface area contributed by atoms with Crippen molar-refractivity contribution < 1.29 is 9.26 Å². The van der Waals surface area contributed by atoms with Crippen molar-refractivity contribution in [1.82, 2.24) is 5.16 Å². The van der Waals surface area contributed by atoms with Crippen molar-refractivity contribution >= 4 is 17.2 Å². The Labute approximate surface area is 127 Å². The minimum atomic E-state index is 0.403. The van der Waals surface area contributed by atoms with Gasteiger partial charge in [0.1, 0.15) is 5.75 Å². The topological polar surface area (TPSA) is 61.3 Å². The molecule has 0 fully saturated rings. The van der Waals surface area contributed by atoms with E-state index in [0.29, 0.717) is 12.4 Å². The van der Waals surface area contributed by atoms with Crippen molar-refractivity contribution in [2.75, 3.05) is 12.3 Å². The number of ether oxygens (including phenoxy) is 1. The van der Waals surface area contributed by atoms with Crippen LogP contribution in [0.25, 0.3) is 21.8 Å². The van der Waals surface area contributed by atoms with E-state index in [0.717, 1.165) is 27.5 Å². The smallest absolute Gasteiger partial charge is 0.186 e. The maximum absolute atomic E-state index is 5.98. The first-order valence-corrected chi connectivity index (χ1v) is 7.56. The van der Waals surface area contributed by atoms with Gasteiger partial charge in [-0.2, -0.15) is 0 Å². The Kier molecular flexibility index (Phi) is 3.66. The van der Waals surface area contributed by atoms with Crippen molar-refractivity contribution in [3.63, 3.8) is 0 Å². The van der Waals surface area contributed by atoms with E-state index in [1.165, 1.54) is 4.88 Å². The molecule has 4 nitrogen and oxygen atoms in total. The molecule has 3 aromatic rings. The number of aromatic nitrogens is 1. The largest absolute Gasteiger partial charge is 0.494 e. The van der Waals surface area contributed by atoms with Gasteiger partial charge in [-0.25, -0.2) is 0 Å². The molecule has 0 saturated carbocycles. The van der Waals surface area contributed by atoms with Crippen LogP contribution in [0.1, 0.15) is 11.8 Å². The Morgan fingerprint density at radius 3 is 2.57 bits per heavy atom. The molecule has 1 aromatic carbocycles. The summed E-state index contributed by atoms with van der Waals surface area (Å²) >= 11 is 1.66.